The van der Waals surface area contributed by atoms with E-state index in [4.69, 9.17) is 5.73 Å². The summed E-state index contributed by atoms with van der Waals surface area (Å²) in [6, 6.07) is 10.5. The quantitative estimate of drug-likeness (QED) is 0.631. The lowest BCUT2D eigenvalue weighted by Crippen LogP contribution is -2.13. The summed E-state index contributed by atoms with van der Waals surface area (Å²) in [7, 11) is 0. The van der Waals surface area contributed by atoms with Crippen LogP contribution in [0.15, 0.2) is 34.7 Å². The Hall–Kier alpha value is -1.33. The van der Waals surface area contributed by atoms with E-state index in [1.54, 1.807) is 23.1 Å². The van der Waals surface area contributed by atoms with Crippen molar-refractivity contribution in [3.05, 3.63) is 46.5 Å². The molecule has 5 heteroatoms. The third kappa shape index (κ3) is 4.65. The SMILES string of the molecule is Cc1nc(SCCCc2ccccc2)sc1CC(N)=O. The number of nitrogens with zero attached hydrogens (tertiary/aromatic N) is 1. The molecule has 0 unspecified atom stereocenters. The molecule has 0 aliphatic carbocycles. The van der Waals surface area contributed by atoms with E-state index in [2.05, 4.69) is 29.2 Å². The molecule has 3 nitrogen and oxygen atoms in total. The number of primary amides is 1. The number of rotatable bonds is 7. The number of carbonyl (C=O) groups excluding carboxylic acids is 1. The molecule has 1 aromatic carbocycles. The van der Waals surface area contributed by atoms with Crippen LogP contribution in [0.1, 0.15) is 22.6 Å². The van der Waals surface area contributed by atoms with Crippen molar-refractivity contribution in [2.75, 3.05) is 5.75 Å². The average molecular weight is 306 g/mol. The summed E-state index contributed by atoms with van der Waals surface area (Å²) in [5, 5.41) is 0. The second-order valence-electron chi connectivity index (χ2n) is 4.57. The van der Waals surface area contributed by atoms with E-state index in [0.717, 1.165) is 33.5 Å². The second kappa shape index (κ2) is 7.45. The first-order valence-electron chi connectivity index (χ1n) is 6.56. The normalized spacial score (nSPS) is 10.7. The molecule has 0 atom stereocenters. The van der Waals surface area contributed by atoms with Crippen LogP contribution in [0.2, 0.25) is 0 Å². The number of carbonyl (C=O) groups is 1. The van der Waals surface area contributed by atoms with Gasteiger partial charge in [0.1, 0.15) is 4.34 Å². The van der Waals surface area contributed by atoms with E-state index < -0.39 is 0 Å². The van der Waals surface area contributed by atoms with Crippen molar-refractivity contribution in [1.82, 2.24) is 4.98 Å². The lowest BCUT2D eigenvalue weighted by Gasteiger charge is -1.99. The van der Waals surface area contributed by atoms with Gasteiger partial charge in [-0.05, 0) is 25.3 Å². The summed E-state index contributed by atoms with van der Waals surface area (Å²) in [5.74, 6) is 0.745. The molecule has 0 saturated carbocycles. The van der Waals surface area contributed by atoms with Crippen molar-refractivity contribution in [3.63, 3.8) is 0 Å². The molecule has 0 aliphatic rings. The lowest BCUT2D eigenvalue weighted by molar-refractivity contribution is -0.117. The number of hydrogen-bond donors (Lipinski definition) is 1. The van der Waals surface area contributed by atoms with E-state index in [1.807, 2.05) is 13.0 Å². The minimum absolute atomic E-state index is 0.294. The molecule has 0 fully saturated rings. The van der Waals surface area contributed by atoms with Crippen molar-refractivity contribution in [2.24, 2.45) is 5.73 Å². The van der Waals surface area contributed by atoms with Gasteiger partial charge in [-0.3, -0.25) is 4.79 Å². The van der Waals surface area contributed by atoms with Crippen LogP contribution < -0.4 is 5.73 Å². The van der Waals surface area contributed by atoms with Gasteiger partial charge in [0, 0.05) is 10.6 Å². The predicted molar refractivity (Wildman–Crippen MR) is 85.2 cm³/mol. The topological polar surface area (TPSA) is 56.0 Å². The van der Waals surface area contributed by atoms with Gasteiger partial charge in [0.15, 0.2) is 0 Å². The monoisotopic (exact) mass is 306 g/mol. The van der Waals surface area contributed by atoms with E-state index in [0.29, 0.717) is 6.42 Å². The van der Waals surface area contributed by atoms with E-state index in [9.17, 15) is 4.79 Å². The number of amides is 1. The molecular formula is C15H18N2OS2. The number of aryl methyl sites for hydroxylation is 2. The highest BCUT2D eigenvalue weighted by Gasteiger charge is 2.10. The summed E-state index contributed by atoms with van der Waals surface area (Å²) in [6.45, 7) is 1.93. The van der Waals surface area contributed by atoms with E-state index in [-0.39, 0.29) is 5.91 Å². The third-order valence-electron chi connectivity index (χ3n) is 2.89. The zero-order valence-corrected chi connectivity index (χ0v) is 13.1. The maximum atomic E-state index is 10.9. The van der Waals surface area contributed by atoms with Gasteiger partial charge in [0.05, 0.1) is 12.1 Å². The Morgan fingerprint density at radius 1 is 1.35 bits per heavy atom. The first-order chi connectivity index (χ1) is 9.65. The maximum absolute atomic E-state index is 10.9. The fourth-order valence-corrected chi connectivity index (χ4v) is 4.12. The van der Waals surface area contributed by atoms with Crippen LogP contribution in [-0.4, -0.2) is 16.6 Å². The summed E-state index contributed by atoms with van der Waals surface area (Å²) >= 11 is 3.34. The zero-order valence-electron chi connectivity index (χ0n) is 11.5. The molecule has 1 heterocycles. The molecule has 0 saturated heterocycles. The number of nitrogens with two attached hydrogens (primary N) is 1. The molecule has 0 aliphatic heterocycles. The molecule has 1 aromatic heterocycles. The Bertz CT molecular complexity index is 567. The summed E-state index contributed by atoms with van der Waals surface area (Å²) < 4.78 is 1.03. The van der Waals surface area contributed by atoms with Crippen LogP contribution in [0.4, 0.5) is 0 Å². The predicted octanol–water partition coefficient (Wildman–Crippen LogP) is 3.20. The largest absolute Gasteiger partial charge is 0.369 e. The van der Waals surface area contributed by atoms with Gasteiger partial charge in [0.2, 0.25) is 5.91 Å². The lowest BCUT2D eigenvalue weighted by atomic mass is 10.1. The molecule has 0 radical (unpaired) electrons. The van der Waals surface area contributed by atoms with Gasteiger partial charge in [0.25, 0.3) is 0 Å². The summed E-state index contributed by atoms with van der Waals surface area (Å²) in [5.41, 5.74) is 7.52. The van der Waals surface area contributed by atoms with Crippen molar-refractivity contribution in [1.29, 1.82) is 0 Å². The van der Waals surface area contributed by atoms with Crippen LogP contribution in [0.5, 0.6) is 0 Å². The molecule has 0 spiro atoms. The van der Waals surface area contributed by atoms with Gasteiger partial charge < -0.3 is 5.73 Å². The Labute approximate surface area is 127 Å². The fourth-order valence-electron chi connectivity index (χ4n) is 1.87. The summed E-state index contributed by atoms with van der Waals surface area (Å²) in [4.78, 5) is 16.4. The molecule has 0 bridgehead atoms. The van der Waals surface area contributed by atoms with E-state index >= 15 is 0 Å². The number of hydrogen-bond acceptors (Lipinski definition) is 4. The van der Waals surface area contributed by atoms with Crippen molar-refractivity contribution in [2.45, 2.75) is 30.5 Å². The van der Waals surface area contributed by atoms with Crippen molar-refractivity contribution in [3.8, 4) is 0 Å². The van der Waals surface area contributed by atoms with Gasteiger partial charge >= 0.3 is 0 Å². The molecule has 106 valence electrons. The fraction of sp³-hybridized carbons (Fsp3) is 0.333. The molecule has 2 aromatic rings. The number of thioether (sulfide) groups is 1. The van der Waals surface area contributed by atoms with Gasteiger partial charge in [-0.1, -0.05) is 42.1 Å². The Morgan fingerprint density at radius 3 is 2.80 bits per heavy atom. The van der Waals surface area contributed by atoms with Gasteiger partial charge in [-0.25, -0.2) is 4.98 Å². The average Bonchev–Trinajstić information content (AvgIpc) is 2.76. The Kier molecular flexibility index (Phi) is 5.61. The first-order valence-corrected chi connectivity index (χ1v) is 8.36. The summed E-state index contributed by atoms with van der Waals surface area (Å²) in [6.07, 6.45) is 2.51. The third-order valence-corrected chi connectivity index (χ3v) is 5.27. The number of thiazole rings is 1. The van der Waals surface area contributed by atoms with Crippen molar-refractivity contribution < 1.29 is 4.79 Å². The molecule has 2 N–H and O–H groups in total. The van der Waals surface area contributed by atoms with Crippen molar-refractivity contribution >= 4 is 29.0 Å². The van der Waals surface area contributed by atoms with Crippen LogP contribution in [-0.2, 0) is 17.6 Å². The standard InChI is InChI=1S/C15H18N2OS2/c1-11-13(10-14(16)18)20-15(17-11)19-9-5-8-12-6-3-2-4-7-12/h2-4,6-7H,5,8-10H2,1H3,(H2,16,18). The minimum atomic E-state index is -0.294. The zero-order chi connectivity index (χ0) is 14.4. The highest BCUT2D eigenvalue weighted by molar-refractivity contribution is 8.01. The molecule has 1 amide bonds. The molecular weight excluding hydrogens is 288 g/mol. The number of aromatic nitrogens is 1. The smallest absolute Gasteiger partial charge is 0.222 e. The maximum Gasteiger partial charge on any atom is 0.222 e. The highest BCUT2D eigenvalue weighted by Crippen LogP contribution is 2.28. The van der Waals surface area contributed by atoms with Crippen LogP contribution in [0.3, 0.4) is 0 Å². The van der Waals surface area contributed by atoms with Gasteiger partial charge in [-0.15, -0.1) is 11.3 Å². The first kappa shape index (κ1) is 15.1. The Balaban J connectivity index is 1.78. The highest BCUT2D eigenvalue weighted by atomic mass is 32.2. The van der Waals surface area contributed by atoms with E-state index in [1.165, 1.54) is 5.56 Å². The van der Waals surface area contributed by atoms with Crippen LogP contribution >= 0.6 is 23.1 Å². The second-order valence-corrected chi connectivity index (χ2v) is 6.99. The van der Waals surface area contributed by atoms with Crippen LogP contribution in [0.25, 0.3) is 0 Å². The molecule has 20 heavy (non-hydrogen) atoms. The van der Waals surface area contributed by atoms with Crippen LogP contribution in [0, 0.1) is 6.92 Å². The Morgan fingerprint density at radius 2 is 2.10 bits per heavy atom. The minimum Gasteiger partial charge on any atom is -0.369 e. The van der Waals surface area contributed by atoms with Gasteiger partial charge in [-0.2, -0.15) is 0 Å². The molecule has 2 rings (SSSR count). The number of benzene rings is 1.